The Morgan fingerprint density at radius 3 is 2.39 bits per heavy atom. The Hall–Kier alpha value is -2.96. The number of hydrogen-bond acceptors (Lipinski definition) is 5. The Balaban J connectivity index is 1.93. The zero-order valence-electron chi connectivity index (χ0n) is 14.8. The van der Waals surface area contributed by atoms with Gasteiger partial charge in [0.1, 0.15) is 5.76 Å². The first-order chi connectivity index (χ1) is 13.5. The van der Waals surface area contributed by atoms with Crippen LogP contribution >= 0.6 is 22.9 Å². The predicted molar refractivity (Wildman–Crippen MR) is 110 cm³/mol. The minimum atomic E-state index is -0.762. The van der Waals surface area contributed by atoms with Gasteiger partial charge in [0.25, 0.3) is 5.78 Å². The molecule has 1 aliphatic rings. The predicted octanol–water partition coefficient (Wildman–Crippen LogP) is 4.73. The summed E-state index contributed by atoms with van der Waals surface area (Å²) >= 11 is 7.18. The quantitative estimate of drug-likeness (QED) is 0.385. The minimum absolute atomic E-state index is 0.0337. The van der Waals surface area contributed by atoms with Crippen LogP contribution in [0.1, 0.15) is 22.7 Å². The van der Waals surface area contributed by atoms with Gasteiger partial charge in [0.05, 0.1) is 11.6 Å². The van der Waals surface area contributed by atoms with E-state index < -0.39 is 17.7 Å². The third kappa shape index (κ3) is 3.10. The van der Waals surface area contributed by atoms with Gasteiger partial charge in [-0.25, -0.2) is 4.98 Å². The molecular formula is C21H15ClN2O3S. The van der Waals surface area contributed by atoms with Crippen molar-refractivity contribution in [2.45, 2.75) is 13.0 Å². The highest BCUT2D eigenvalue weighted by Gasteiger charge is 2.47. The molecule has 1 fully saturated rings. The van der Waals surface area contributed by atoms with Crippen LogP contribution in [0.25, 0.3) is 5.76 Å². The molecule has 1 saturated heterocycles. The van der Waals surface area contributed by atoms with E-state index in [1.807, 2.05) is 31.2 Å². The maximum absolute atomic E-state index is 12.9. The highest BCUT2D eigenvalue weighted by molar-refractivity contribution is 7.14. The fourth-order valence-electron chi connectivity index (χ4n) is 3.19. The number of rotatable bonds is 3. The van der Waals surface area contributed by atoms with Gasteiger partial charge in [0, 0.05) is 22.2 Å². The Bertz CT molecular complexity index is 1070. The van der Waals surface area contributed by atoms with Crippen LogP contribution in [0.15, 0.2) is 65.7 Å². The number of benzene rings is 2. The molecule has 4 rings (SSSR count). The highest BCUT2D eigenvalue weighted by Crippen LogP contribution is 2.42. The number of amides is 1. The summed E-state index contributed by atoms with van der Waals surface area (Å²) < 4.78 is 0. The standard InChI is InChI=1S/C21H15ClN2O3S/c1-12-2-4-13(5-3-12)17-16(18(25)14-6-8-15(22)9-7-14)19(26)20(27)24(17)21-23-10-11-28-21/h2-11,17,25H,1H3/t17-/m0/s1. The van der Waals surface area contributed by atoms with Crippen LogP contribution in [0.3, 0.4) is 0 Å². The van der Waals surface area contributed by atoms with Crippen molar-refractivity contribution in [3.05, 3.63) is 87.4 Å². The summed E-state index contributed by atoms with van der Waals surface area (Å²) in [4.78, 5) is 31.3. The molecule has 3 aromatic rings. The Morgan fingerprint density at radius 1 is 1.11 bits per heavy atom. The fourth-order valence-corrected chi connectivity index (χ4v) is 3.99. The van der Waals surface area contributed by atoms with Crippen LogP contribution in [0, 0.1) is 6.92 Å². The molecule has 7 heteroatoms. The number of aromatic nitrogens is 1. The first kappa shape index (κ1) is 18.4. The van der Waals surface area contributed by atoms with Crippen molar-refractivity contribution in [1.82, 2.24) is 4.98 Å². The lowest BCUT2D eigenvalue weighted by Crippen LogP contribution is -2.29. The highest BCUT2D eigenvalue weighted by atomic mass is 35.5. The van der Waals surface area contributed by atoms with Gasteiger partial charge in [0.15, 0.2) is 5.13 Å². The van der Waals surface area contributed by atoms with Crippen molar-refractivity contribution in [2.24, 2.45) is 0 Å². The fraction of sp³-hybridized carbons (Fsp3) is 0.0952. The normalized spacial score (nSPS) is 18.6. The zero-order valence-corrected chi connectivity index (χ0v) is 16.4. The van der Waals surface area contributed by atoms with Crippen molar-refractivity contribution in [2.75, 3.05) is 4.90 Å². The maximum Gasteiger partial charge on any atom is 0.301 e. The molecule has 1 aromatic heterocycles. The van der Waals surface area contributed by atoms with Gasteiger partial charge in [0.2, 0.25) is 0 Å². The number of nitrogens with zero attached hydrogens (tertiary/aromatic N) is 2. The summed E-state index contributed by atoms with van der Waals surface area (Å²) in [6.07, 6.45) is 1.57. The van der Waals surface area contributed by atoms with E-state index in [0.29, 0.717) is 15.7 Å². The Labute approximate surface area is 170 Å². The summed E-state index contributed by atoms with van der Waals surface area (Å²) in [5.41, 5.74) is 2.22. The second-order valence-electron chi connectivity index (χ2n) is 6.40. The Kier molecular flexibility index (Phi) is 4.75. The molecule has 5 nitrogen and oxygen atoms in total. The number of anilines is 1. The number of hydrogen-bond donors (Lipinski definition) is 1. The zero-order chi connectivity index (χ0) is 19.8. The number of thiazole rings is 1. The van der Waals surface area contributed by atoms with Crippen LogP contribution < -0.4 is 4.90 Å². The molecule has 1 N–H and O–H groups in total. The second kappa shape index (κ2) is 7.22. The SMILES string of the molecule is Cc1ccc([C@H]2C(=C(O)c3ccc(Cl)cc3)C(=O)C(=O)N2c2nccs2)cc1. The molecule has 2 aromatic carbocycles. The Morgan fingerprint density at radius 2 is 1.79 bits per heavy atom. The molecular weight excluding hydrogens is 396 g/mol. The monoisotopic (exact) mass is 410 g/mol. The third-order valence-electron chi connectivity index (χ3n) is 4.58. The van der Waals surface area contributed by atoms with E-state index in [2.05, 4.69) is 4.98 Å². The molecule has 1 amide bonds. The number of aliphatic hydroxyl groups is 1. The minimum Gasteiger partial charge on any atom is -0.507 e. The molecule has 1 atom stereocenters. The molecule has 0 saturated carbocycles. The van der Waals surface area contributed by atoms with Crippen molar-refractivity contribution >= 4 is 45.5 Å². The van der Waals surface area contributed by atoms with Crippen molar-refractivity contribution in [3.8, 4) is 0 Å². The lowest BCUT2D eigenvalue weighted by molar-refractivity contribution is -0.132. The van der Waals surface area contributed by atoms with E-state index in [1.54, 1.807) is 35.8 Å². The molecule has 0 aliphatic carbocycles. The molecule has 1 aliphatic heterocycles. The van der Waals surface area contributed by atoms with Crippen LogP contribution in [0.5, 0.6) is 0 Å². The first-order valence-corrected chi connectivity index (χ1v) is 9.76. The molecule has 2 heterocycles. The van der Waals surface area contributed by atoms with Crippen molar-refractivity contribution < 1.29 is 14.7 Å². The smallest absolute Gasteiger partial charge is 0.301 e. The molecule has 0 radical (unpaired) electrons. The van der Waals surface area contributed by atoms with E-state index in [1.165, 1.54) is 16.2 Å². The number of halogens is 1. The van der Waals surface area contributed by atoms with Gasteiger partial charge in [-0.2, -0.15) is 0 Å². The number of carbonyl (C=O) groups excluding carboxylic acids is 2. The molecule has 0 spiro atoms. The third-order valence-corrected chi connectivity index (χ3v) is 5.60. The summed E-state index contributed by atoms with van der Waals surface area (Å²) in [6, 6.07) is 13.2. The van der Waals surface area contributed by atoms with Crippen molar-refractivity contribution in [3.63, 3.8) is 0 Å². The number of ketones is 1. The van der Waals surface area contributed by atoms with Gasteiger partial charge in [-0.05, 0) is 36.8 Å². The molecule has 0 unspecified atom stereocenters. The molecule has 28 heavy (non-hydrogen) atoms. The van der Waals surface area contributed by atoms with Gasteiger partial charge >= 0.3 is 5.91 Å². The summed E-state index contributed by atoms with van der Waals surface area (Å²) in [5, 5.41) is 13.6. The number of carbonyl (C=O) groups is 2. The maximum atomic E-state index is 12.9. The average molecular weight is 411 g/mol. The van der Waals surface area contributed by atoms with Crippen LogP contribution in [0.4, 0.5) is 5.13 Å². The number of aliphatic hydroxyl groups excluding tert-OH is 1. The molecule has 140 valence electrons. The van der Waals surface area contributed by atoms with Crippen molar-refractivity contribution in [1.29, 1.82) is 0 Å². The van der Waals surface area contributed by atoms with Crippen LogP contribution in [0.2, 0.25) is 5.02 Å². The first-order valence-electron chi connectivity index (χ1n) is 8.50. The van der Waals surface area contributed by atoms with E-state index in [0.717, 1.165) is 11.1 Å². The van der Waals surface area contributed by atoms with E-state index in [-0.39, 0.29) is 11.3 Å². The van der Waals surface area contributed by atoms with Crippen LogP contribution in [-0.2, 0) is 9.59 Å². The van der Waals surface area contributed by atoms with Crippen LogP contribution in [-0.4, -0.2) is 21.8 Å². The average Bonchev–Trinajstić information content (AvgIpc) is 3.30. The number of Topliss-reactive ketones (excluding diaryl/α,β-unsaturated/α-hetero) is 1. The summed E-state index contributed by atoms with van der Waals surface area (Å²) in [7, 11) is 0. The topological polar surface area (TPSA) is 70.5 Å². The van der Waals surface area contributed by atoms with Gasteiger partial charge in [-0.1, -0.05) is 41.4 Å². The lowest BCUT2D eigenvalue weighted by atomic mass is 9.95. The summed E-state index contributed by atoms with van der Waals surface area (Å²) in [5.74, 6) is -1.69. The summed E-state index contributed by atoms with van der Waals surface area (Å²) in [6.45, 7) is 1.95. The lowest BCUT2D eigenvalue weighted by Gasteiger charge is -2.23. The molecule has 0 bridgehead atoms. The second-order valence-corrected chi connectivity index (χ2v) is 7.71. The van der Waals surface area contributed by atoms with Gasteiger partial charge in [-0.15, -0.1) is 11.3 Å². The van der Waals surface area contributed by atoms with Gasteiger partial charge < -0.3 is 5.11 Å². The van der Waals surface area contributed by atoms with Gasteiger partial charge in [-0.3, -0.25) is 14.5 Å². The number of aryl methyl sites for hydroxylation is 1. The largest absolute Gasteiger partial charge is 0.507 e. The van der Waals surface area contributed by atoms with E-state index in [4.69, 9.17) is 11.6 Å². The van der Waals surface area contributed by atoms with E-state index in [9.17, 15) is 14.7 Å². The van der Waals surface area contributed by atoms with E-state index >= 15 is 0 Å².